The summed E-state index contributed by atoms with van der Waals surface area (Å²) >= 11 is 0. The molecule has 6 heteroatoms. The Morgan fingerprint density at radius 2 is 1.58 bits per heavy atom. The van der Waals surface area contributed by atoms with Gasteiger partial charge in [-0.2, -0.15) is 0 Å². The van der Waals surface area contributed by atoms with Gasteiger partial charge in [0.1, 0.15) is 6.17 Å². The van der Waals surface area contributed by atoms with E-state index >= 15 is 0 Å². The van der Waals surface area contributed by atoms with Gasteiger partial charge in [0.05, 0.1) is 12.2 Å². The number of rotatable bonds is 2. The van der Waals surface area contributed by atoms with Crippen molar-refractivity contribution >= 4 is 0 Å². The van der Waals surface area contributed by atoms with Crippen LogP contribution in [0.1, 0.15) is 44.9 Å². The maximum Gasteiger partial charge on any atom is 0.522 e. The van der Waals surface area contributed by atoms with Crippen molar-refractivity contribution in [3.63, 3.8) is 0 Å². The quantitative estimate of drug-likeness (QED) is 0.785. The molecule has 0 aliphatic heterocycles. The lowest BCUT2D eigenvalue weighted by atomic mass is 9.71. The van der Waals surface area contributed by atoms with E-state index in [4.69, 9.17) is 0 Å². The molecule has 0 amide bonds. The first kappa shape index (κ1) is 15.0. The summed E-state index contributed by atoms with van der Waals surface area (Å²) in [6.07, 6.45) is -3.66. The first-order valence-corrected chi connectivity index (χ1v) is 6.92. The van der Waals surface area contributed by atoms with Gasteiger partial charge >= 0.3 is 6.36 Å². The summed E-state index contributed by atoms with van der Waals surface area (Å²) in [4.78, 5) is 0. The molecule has 0 aromatic heterocycles. The zero-order valence-electron chi connectivity index (χ0n) is 10.7. The van der Waals surface area contributed by atoms with Gasteiger partial charge in [-0.3, -0.25) is 4.74 Å². The largest absolute Gasteiger partial charge is 0.522 e. The average Bonchev–Trinajstić information content (AvgIpc) is 2.28. The van der Waals surface area contributed by atoms with Gasteiger partial charge in [0.25, 0.3) is 0 Å². The van der Waals surface area contributed by atoms with Crippen LogP contribution < -0.4 is 0 Å². The molecule has 0 aromatic carbocycles. The second kappa shape index (κ2) is 5.95. The van der Waals surface area contributed by atoms with Crippen LogP contribution in [0, 0.1) is 11.8 Å². The highest BCUT2D eigenvalue weighted by Gasteiger charge is 2.39. The Hall–Kier alpha value is -0.360. The zero-order chi connectivity index (χ0) is 14.0. The lowest BCUT2D eigenvalue weighted by molar-refractivity contribution is -0.346. The first-order chi connectivity index (χ1) is 8.85. The molecule has 2 fully saturated rings. The SMILES string of the molecule is OC1CCC(C2CCC(OC(F)(F)F)CC2)C(F)C1. The van der Waals surface area contributed by atoms with Gasteiger partial charge in [-0.1, -0.05) is 0 Å². The minimum absolute atomic E-state index is 0.102. The van der Waals surface area contributed by atoms with Crippen LogP contribution in [0.2, 0.25) is 0 Å². The lowest BCUT2D eigenvalue weighted by Gasteiger charge is -2.38. The van der Waals surface area contributed by atoms with Crippen LogP contribution in [0.3, 0.4) is 0 Å². The van der Waals surface area contributed by atoms with Crippen molar-refractivity contribution in [3.8, 4) is 0 Å². The summed E-state index contributed by atoms with van der Waals surface area (Å²) in [6, 6.07) is 0. The number of ether oxygens (including phenoxy) is 1. The van der Waals surface area contributed by atoms with Crippen LogP contribution in [0.15, 0.2) is 0 Å². The Bertz CT molecular complexity index is 287. The normalized spacial score (nSPS) is 41.2. The molecule has 0 radical (unpaired) electrons. The van der Waals surface area contributed by atoms with Crippen molar-refractivity contribution in [1.82, 2.24) is 0 Å². The molecular weight excluding hydrogens is 264 g/mol. The number of aliphatic hydroxyl groups excluding tert-OH is 1. The predicted octanol–water partition coefficient (Wildman–Crippen LogP) is 3.58. The van der Waals surface area contributed by atoms with Gasteiger partial charge in [0.15, 0.2) is 0 Å². The van der Waals surface area contributed by atoms with E-state index in [1.807, 2.05) is 0 Å². The van der Waals surface area contributed by atoms with Gasteiger partial charge in [-0.05, 0) is 50.4 Å². The van der Waals surface area contributed by atoms with Gasteiger partial charge in [0, 0.05) is 6.42 Å². The molecule has 2 rings (SSSR count). The third kappa shape index (κ3) is 4.31. The fourth-order valence-corrected chi connectivity index (χ4v) is 3.47. The Labute approximate surface area is 110 Å². The van der Waals surface area contributed by atoms with Gasteiger partial charge < -0.3 is 5.11 Å². The molecule has 3 atom stereocenters. The molecule has 2 saturated carbocycles. The predicted molar refractivity (Wildman–Crippen MR) is 61.1 cm³/mol. The van der Waals surface area contributed by atoms with Gasteiger partial charge in [-0.15, -0.1) is 13.2 Å². The second-order valence-corrected chi connectivity index (χ2v) is 5.75. The molecule has 3 unspecified atom stereocenters. The van der Waals surface area contributed by atoms with Crippen LogP contribution in [-0.4, -0.2) is 29.8 Å². The number of hydrogen-bond acceptors (Lipinski definition) is 2. The average molecular weight is 284 g/mol. The lowest BCUT2D eigenvalue weighted by Crippen LogP contribution is -2.37. The summed E-state index contributed by atoms with van der Waals surface area (Å²) < 4.78 is 54.2. The van der Waals surface area contributed by atoms with E-state index in [-0.39, 0.29) is 18.3 Å². The monoisotopic (exact) mass is 284 g/mol. The highest BCUT2D eigenvalue weighted by Crippen LogP contribution is 2.41. The molecule has 0 bridgehead atoms. The van der Waals surface area contributed by atoms with Crippen LogP contribution in [0.4, 0.5) is 17.6 Å². The van der Waals surface area contributed by atoms with Crippen molar-refractivity contribution in [2.45, 2.75) is 69.7 Å². The standard InChI is InChI=1S/C13H20F4O2/c14-12-7-9(18)3-6-11(12)8-1-4-10(5-2-8)19-13(15,16)17/h8-12,18H,1-7H2. The highest BCUT2D eigenvalue weighted by atomic mass is 19.4. The Balaban J connectivity index is 1.80. The number of aliphatic hydroxyl groups is 1. The minimum Gasteiger partial charge on any atom is -0.393 e. The number of alkyl halides is 4. The minimum atomic E-state index is -4.57. The third-order valence-electron chi connectivity index (χ3n) is 4.42. The molecule has 2 aliphatic carbocycles. The van der Waals surface area contributed by atoms with Crippen LogP contribution >= 0.6 is 0 Å². The van der Waals surface area contributed by atoms with Crippen LogP contribution in [0.25, 0.3) is 0 Å². The van der Waals surface area contributed by atoms with Crippen molar-refractivity contribution in [2.24, 2.45) is 11.8 Å². The summed E-state index contributed by atoms with van der Waals surface area (Å²) in [5.74, 6) is 0.0332. The van der Waals surface area contributed by atoms with Crippen molar-refractivity contribution < 1.29 is 27.4 Å². The third-order valence-corrected chi connectivity index (χ3v) is 4.42. The second-order valence-electron chi connectivity index (χ2n) is 5.75. The van der Waals surface area contributed by atoms with E-state index < -0.39 is 24.7 Å². The van der Waals surface area contributed by atoms with Crippen molar-refractivity contribution in [1.29, 1.82) is 0 Å². The molecule has 1 N–H and O–H groups in total. The molecule has 0 saturated heterocycles. The fourth-order valence-electron chi connectivity index (χ4n) is 3.47. The first-order valence-electron chi connectivity index (χ1n) is 6.92. The van der Waals surface area contributed by atoms with Crippen molar-refractivity contribution in [2.75, 3.05) is 0 Å². The topological polar surface area (TPSA) is 29.5 Å². The highest BCUT2D eigenvalue weighted by molar-refractivity contribution is 4.87. The van der Waals surface area contributed by atoms with E-state index in [1.165, 1.54) is 0 Å². The summed E-state index contributed by atoms with van der Waals surface area (Å²) in [5, 5.41) is 9.38. The summed E-state index contributed by atoms with van der Waals surface area (Å²) in [6.45, 7) is 0. The zero-order valence-corrected chi connectivity index (χ0v) is 10.7. The van der Waals surface area contributed by atoms with Crippen molar-refractivity contribution in [3.05, 3.63) is 0 Å². The van der Waals surface area contributed by atoms with E-state index in [9.17, 15) is 22.7 Å². The van der Waals surface area contributed by atoms with E-state index in [0.717, 1.165) is 0 Å². The van der Waals surface area contributed by atoms with Gasteiger partial charge in [-0.25, -0.2) is 4.39 Å². The van der Waals surface area contributed by atoms with Gasteiger partial charge in [0.2, 0.25) is 0 Å². The molecule has 2 aliphatic rings. The summed E-state index contributed by atoms with van der Waals surface area (Å²) in [7, 11) is 0. The molecule has 0 spiro atoms. The van der Waals surface area contributed by atoms with Crippen LogP contribution in [-0.2, 0) is 4.74 Å². The van der Waals surface area contributed by atoms with Crippen LogP contribution in [0.5, 0.6) is 0 Å². The summed E-state index contributed by atoms with van der Waals surface area (Å²) in [5.41, 5.74) is 0. The molecule has 112 valence electrons. The molecular formula is C13H20F4O2. The Morgan fingerprint density at radius 1 is 0.947 bits per heavy atom. The van der Waals surface area contributed by atoms with E-state index in [2.05, 4.69) is 4.74 Å². The molecule has 19 heavy (non-hydrogen) atoms. The number of halogens is 4. The van der Waals surface area contributed by atoms with E-state index in [1.54, 1.807) is 0 Å². The fraction of sp³-hybridized carbons (Fsp3) is 1.00. The maximum atomic E-state index is 13.9. The number of hydrogen-bond donors (Lipinski definition) is 1. The smallest absolute Gasteiger partial charge is 0.393 e. The molecule has 0 aromatic rings. The molecule has 2 nitrogen and oxygen atoms in total. The maximum absolute atomic E-state index is 13.9. The molecule has 0 heterocycles. The Kier molecular flexibility index (Phi) is 4.71. The Morgan fingerprint density at radius 3 is 2.11 bits per heavy atom. The van der Waals surface area contributed by atoms with E-state index in [0.29, 0.717) is 38.5 Å².